The average molecular weight is 722 g/mol. The Labute approximate surface area is 277 Å². The predicted molar refractivity (Wildman–Crippen MR) is 169 cm³/mol. The van der Waals surface area contributed by atoms with Crippen molar-refractivity contribution in [3.63, 3.8) is 0 Å². The molecule has 1 heterocycles. The van der Waals surface area contributed by atoms with Crippen LogP contribution in [-0.2, 0) is 43.6 Å². The molecule has 0 aliphatic heterocycles. The van der Waals surface area contributed by atoms with Crippen molar-refractivity contribution in [1.82, 2.24) is 5.32 Å². The van der Waals surface area contributed by atoms with Gasteiger partial charge in [0.15, 0.2) is 5.66 Å². The molecule has 2 aromatic carbocycles. The van der Waals surface area contributed by atoms with E-state index in [9.17, 15) is 36.5 Å². The number of alkyl halides is 3. The molecule has 0 aliphatic carbocycles. The Morgan fingerprint density at radius 2 is 1.51 bits per heavy atom. The second kappa shape index (κ2) is 14.9. The van der Waals surface area contributed by atoms with Gasteiger partial charge in [0.1, 0.15) is 5.82 Å². The first kappa shape index (κ1) is 38.2. The molecule has 1 unspecified atom stereocenters. The van der Waals surface area contributed by atoms with Crippen LogP contribution in [0.2, 0.25) is 5.02 Å². The molecular weight excluding hydrogens is 689 g/mol. The lowest BCUT2D eigenvalue weighted by atomic mass is 9.98. The smallest absolute Gasteiger partial charge is 0.416 e. The topological polar surface area (TPSA) is 117 Å². The van der Waals surface area contributed by atoms with Crippen molar-refractivity contribution in [3.05, 3.63) is 75.5 Å². The molecule has 0 saturated carbocycles. The third-order valence-corrected chi connectivity index (χ3v) is 9.54. The largest absolute Gasteiger partial charge is 0.438 e. The van der Waals surface area contributed by atoms with Gasteiger partial charge in [-0.25, -0.2) is 4.39 Å². The summed E-state index contributed by atoms with van der Waals surface area (Å²) in [4.78, 5) is 38.6. The molecular formula is C31H33ClF4NO8PS. The van der Waals surface area contributed by atoms with Crippen molar-refractivity contribution in [1.29, 1.82) is 0 Å². The Bertz CT molecular complexity index is 1680. The van der Waals surface area contributed by atoms with Crippen LogP contribution in [0.25, 0.3) is 16.2 Å². The van der Waals surface area contributed by atoms with Crippen molar-refractivity contribution in [2.45, 2.75) is 53.4 Å². The maximum atomic E-state index is 14.6. The number of fused-ring (bicyclic) bond motifs is 1. The molecule has 256 valence electrons. The minimum Gasteiger partial charge on any atom is -0.438 e. The quantitative estimate of drug-likeness (QED) is 0.0904. The van der Waals surface area contributed by atoms with Crippen LogP contribution in [-0.4, -0.2) is 31.4 Å². The number of hydrogen-bond acceptors (Lipinski definition) is 9. The van der Waals surface area contributed by atoms with Crippen molar-refractivity contribution in [3.8, 4) is 0 Å². The number of amides is 1. The Kier molecular flexibility index (Phi) is 12.1. The Balaban J connectivity index is 2.05. The molecule has 1 amide bonds. The number of ether oxygens (including phenoxy) is 2. The number of halogens is 5. The Morgan fingerprint density at radius 3 is 2.04 bits per heavy atom. The van der Waals surface area contributed by atoms with Gasteiger partial charge in [-0.15, -0.1) is 11.3 Å². The summed E-state index contributed by atoms with van der Waals surface area (Å²) in [6.07, 6.45) is -2.90. The normalized spacial score (nSPS) is 13.5. The molecule has 9 nitrogen and oxygen atoms in total. The highest BCUT2D eigenvalue weighted by Crippen LogP contribution is 2.62. The van der Waals surface area contributed by atoms with E-state index in [1.807, 2.05) is 0 Å². The van der Waals surface area contributed by atoms with Crippen LogP contribution in [0.3, 0.4) is 0 Å². The summed E-state index contributed by atoms with van der Waals surface area (Å²) in [6.45, 7) is 7.55. The van der Waals surface area contributed by atoms with Crippen molar-refractivity contribution in [2.24, 2.45) is 10.8 Å². The van der Waals surface area contributed by atoms with E-state index >= 15 is 0 Å². The van der Waals surface area contributed by atoms with Gasteiger partial charge in [0.25, 0.3) is 0 Å². The monoisotopic (exact) mass is 721 g/mol. The molecule has 16 heteroatoms. The van der Waals surface area contributed by atoms with Gasteiger partial charge < -0.3 is 14.8 Å². The zero-order chi connectivity index (χ0) is 35.4. The number of nitrogens with one attached hydrogen (secondary N) is 1. The Morgan fingerprint density at radius 1 is 0.936 bits per heavy atom. The van der Waals surface area contributed by atoms with Gasteiger partial charge >= 0.3 is 25.7 Å². The maximum absolute atomic E-state index is 14.6. The van der Waals surface area contributed by atoms with Crippen LogP contribution in [0.1, 0.15) is 63.9 Å². The molecule has 47 heavy (non-hydrogen) atoms. The number of carbonyl (C=O) groups excluding carboxylic acids is 3. The second-order valence-corrected chi connectivity index (χ2v) is 15.7. The predicted octanol–water partition coefficient (Wildman–Crippen LogP) is 8.86. The summed E-state index contributed by atoms with van der Waals surface area (Å²) in [5.41, 5.74) is -5.14. The van der Waals surface area contributed by atoms with Crippen LogP contribution < -0.4 is 5.32 Å². The van der Waals surface area contributed by atoms with Crippen LogP contribution in [0, 0.1) is 16.6 Å². The van der Waals surface area contributed by atoms with E-state index in [-0.39, 0.29) is 16.1 Å². The lowest BCUT2D eigenvalue weighted by Crippen LogP contribution is -2.29. The van der Waals surface area contributed by atoms with Crippen LogP contribution in [0.5, 0.6) is 0 Å². The van der Waals surface area contributed by atoms with E-state index in [0.717, 1.165) is 18.3 Å². The van der Waals surface area contributed by atoms with E-state index < -0.39 is 73.1 Å². The van der Waals surface area contributed by atoms with Gasteiger partial charge in [-0.3, -0.25) is 28.0 Å². The fraction of sp³-hybridized carbons (Fsp3) is 0.387. The molecule has 3 aromatic rings. The lowest BCUT2D eigenvalue weighted by molar-refractivity contribution is -0.162. The number of thiophene rings is 1. The molecule has 0 aliphatic rings. The summed E-state index contributed by atoms with van der Waals surface area (Å²) in [7, 11) is -4.81. The van der Waals surface area contributed by atoms with Crippen LogP contribution in [0.15, 0.2) is 48.0 Å². The molecule has 0 fully saturated rings. The molecule has 1 atom stereocenters. The highest BCUT2D eigenvalue weighted by Gasteiger charge is 2.45. The van der Waals surface area contributed by atoms with Gasteiger partial charge in [-0.2, -0.15) is 13.2 Å². The summed E-state index contributed by atoms with van der Waals surface area (Å²) in [5, 5.41) is 4.49. The van der Waals surface area contributed by atoms with Crippen molar-refractivity contribution >= 4 is 64.5 Å². The first-order valence-electron chi connectivity index (χ1n) is 13.9. The number of carbonyl (C=O) groups is 3. The van der Waals surface area contributed by atoms with Gasteiger partial charge in [-0.1, -0.05) is 11.6 Å². The standard InChI is InChI=1S/C31H33ClF4NO8PS/c1-29(2,3)27(39)42-16-44-46(41,45-17-43-28(40)30(4,5)6)25(23-15-47-24-8-7-20(32)14-22(23)24)26(38)37-10-9-18-11-19(31(34,35)36)13-21(33)12-18/h7-15,25H,16-17H2,1-6H3,(H,37,38). The number of rotatable bonds is 11. The fourth-order valence-corrected chi connectivity index (χ4v) is 6.71. The van der Waals surface area contributed by atoms with Crippen molar-refractivity contribution < 1.29 is 55.0 Å². The van der Waals surface area contributed by atoms with Crippen LogP contribution >= 0.6 is 30.5 Å². The zero-order valence-corrected chi connectivity index (χ0v) is 28.7. The van der Waals surface area contributed by atoms with Gasteiger partial charge in [0.2, 0.25) is 19.5 Å². The highest BCUT2D eigenvalue weighted by atomic mass is 35.5. The second-order valence-electron chi connectivity index (χ2n) is 12.2. The maximum Gasteiger partial charge on any atom is 0.416 e. The summed E-state index contributed by atoms with van der Waals surface area (Å²) < 4.78 is 89.9. The van der Waals surface area contributed by atoms with Gasteiger partial charge in [-0.05, 0) is 106 Å². The number of esters is 2. The molecule has 1 N–H and O–H groups in total. The zero-order valence-electron chi connectivity index (χ0n) is 26.2. The third-order valence-electron chi connectivity index (χ3n) is 6.24. The number of hydrogen-bond donors (Lipinski definition) is 1. The van der Waals surface area contributed by atoms with Gasteiger partial charge in [0.05, 0.1) is 16.4 Å². The average Bonchev–Trinajstić information content (AvgIpc) is 3.33. The van der Waals surface area contributed by atoms with Crippen molar-refractivity contribution in [2.75, 3.05) is 13.6 Å². The molecule has 0 radical (unpaired) electrons. The first-order valence-corrected chi connectivity index (χ1v) is 16.7. The summed E-state index contributed by atoms with van der Waals surface area (Å²) >= 11 is 7.38. The lowest BCUT2D eigenvalue weighted by Gasteiger charge is -2.27. The third kappa shape index (κ3) is 10.3. The Hall–Kier alpha value is -3.29. The molecule has 0 bridgehead atoms. The molecule has 3 rings (SSSR count). The van der Waals surface area contributed by atoms with E-state index in [2.05, 4.69) is 5.32 Å². The van der Waals surface area contributed by atoms with E-state index in [0.29, 0.717) is 22.2 Å². The van der Waals surface area contributed by atoms with E-state index in [1.165, 1.54) is 22.8 Å². The molecule has 0 saturated heterocycles. The summed E-state index contributed by atoms with van der Waals surface area (Å²) in [5.74, 6) is -3.66. The fourth-order valence-electron chi connectivity index (χ4n) is 3.79. The van der Waals surface area contributed by atoms with Gasteiger partial charge in [0, 0.05) is 15.9 Å². The minimum atomic E-state index is -4.82. The highest BCUT2D eigenvalue weighted by molar-refractivity contribution is 7.55. The first-order chi connectivity index (χ1) is 21.6. The van der Waals surface area contributed by atoms with Crippen LogP contribution in [0.4, 0.5) is 17.6 Å². The number of benzene rings is 2. The molecule has 0 spiro atoms. The molecule has 1 aromatic heterocycles. The summed E-state index contributed by atoms with van der Waals surface area (Å²) in [6, 6.07) is 6.57. The van der Waals surface area contributed by atoms with E-state index in [1.54, 1.807) is 53.7 Å². The van der Waals surface area contributed by atoms with E-state index in [4.69, 9.17) is 30.1 Å². The minimum absolute atomic E-state index is 0.108. The SMILES string of the molecule is CC(C)(C)C(=O)OCOP(=O)(OCOC(=O)C(C)(C)C)C(C(=O)NC=Cc1cc(F)cc(C(F)(F)F)c1)c1csc2ccc(Cl)cc12.